The van der Waals surface area contributed by atoms with Gasteiger partial charge in [-0.05, 0) is 32.9 Å². The quantitative estimate of drug-likeness (QED) is 0.569. The molecule has 1 fully saturated rings. The van der Waals surface area contributed by atoms with E-state index in [4.69, 9.17) is 16.6 Å². The molecule has 0 atom stereocenters. The molecule has 0 aromatic carbocycles. The third-order valence-corrected chi connectivity index (χ3v) is 5.70. The average molecular weight is 400 g/mol. The molecule has 0 radical (unpaired) electrons. The summed E-state index contributed by atoms with van der Waals surface area (Å²) in [5.41, 5.74) is -0.518. The van der Waals surface area contributed by atoms with Gasteiger partial charge in [-0.2, -0.15) is 0 Å². The van der Waals surface area contributed by atoms with Gasteiger partial charge in [0.1, 0.15) is 0 Å². The van der Waals surface area contributed by atoms with Crippen molar-refractivity contribution in [1.29, 1.82) is 0 Å². The standard InChI is InChI=1S/C18H30ClN5OS/c1-5-21-17(22-13-18(2,3)16(25)20-4)24-10-8-23(9-11-24)12-14-6-7-15(19)26-14/h6-7H,5,8-13H2,1-4H3,(H,20,25)(H,21,22). The summed E-state index contributed by atoms with van der Waals surface area (Å²) in [6, 6.07) is 4.06. The van der Waals surface area contributed by atoms with Crippen molar-refractivity contribution >= 4 is 34.8 Å². The zero-order valence-corrected chi connectivity index (χ0v) is 17.7. The lowest BCUT2D eigenvalue weighted by Crippen LogP contribution is -2.52. The Morgan fingerprint density at radius 2 is 2.00 bits per heavy atom. The van der Waals surface area contributed by atoms with E-state index in [-0.39, 0.29) is 5.91 Å². The van der Waals surface area contributed by atoms with Gasteiger partial charge in [-0.3, -0.25) is 14.7 Å². The maximum Gasteiger partial charge on any atom is 0.227 e. The van der Waals surface area contributed by atoms with E-state index in [1.54, 1.807) is 18.4 Å². The van der Waals surface area contributed by atoms with Crippen molar-refractivity contribution in [3.8, 4) is 0 Å². The molecule has 1 amide bonds. The predicted molar refractivity (Wildman–Crippen MR) is 110 cm³/mol. The van der Waals surface area contributed by atoms with Crippen LogP contribution in [0.2, 0.25) is 4.34 Å². The SMILES string of the molecule is CCNC(=NCC(C)(C)C(=O)NC)N1CCN(Cc2ccc(Cl)s2)CC1. The smallest absolute Gasteiger partial charge is 0.227 e. The number of thiophene rings is 1. The Morgan fingerprint density at radius 1 is 1.31 bits per heavy atom. The van der Waals surface area contributed by atoms with Crippen LogP contribution in [-0.2, 0) is 11.3 Å². The molecule has 1 aromatic rings. The molecule has 1 aliphatic rings. The zero-order chi connectivity index (χ0) is 19.2. The third-order valence-electron chi connectivity index (χ3n) is 4.48. The number of carbonyl (C=O) groups is 1. The van der Waals surface area contributed by atoms with Gasteiger partial charge in [0.05, 0.1) is 16.3 Å². The van der Waals surface area contributed by atoms with Gasteiger partial charge >= 0.3 is 0 Å². The Morgan fingerprint density at radius 3 is 2.54 bits per heavy atom. The van der Waals surface area contributed by atoms with Gasteiger partial charge in [0.15, 0.2) is 5.96 Å². The molecule has 0 saturated carbocycles. The second-order valence-corrected chi connectivity index (χ2v) is 8.90. The van der Waals surface area contributed by atoms with Crippen molar-refractivity contribution in [2.24, 2.45) is 10.4 Å². The summed E-state index contributed by atoms with van der Waals surface area (Å²) in [4.78, 5) is 22.7. The molecule has 0 aliphatic carbocycles. The third kappa shape index (κ3) is 5.86. The summed E-state index contributed by atoms with van der Waals surface area (Å²) in [5.74, 6) is 0.903. The first kappa shape index (κ1) is 21.0. The Hall–Kier alpha value is -1.31. The highest BCUT2D eigenvalue weighted by Gasteiger charge is 2.27. The first-order valence-corrected chi connectivity index (χ1v) is 10.3. The highest BCUT2D eigenvalue weighted by molar-refractivity contribution is 7.16. The van der Waals surface area contributed by atoms with Gasteiger partial charge in [0, 0.05) is 51.2 Å². The molecule has 1 saturated heterocycles. The second-order valence-electron chi connectivity index (χ2n) is 7.10. The van der Waals surface area contributed by atoms with Crippen molar-refractivity contribution in [2.45, 2.75) is 27.3 Å². The number of halogens is 1. The number of rotatable bonds is 6. The van der Waals surface area contributed by atoms with Gasteiger partial charge < -0.3 is 15.5 Å². The van der Waals surface area contributed by atoms with E-state index < -0.39 is 5.41 Å². The van der Waals surface area contributed by atoms with Crippen LogP contribution in [0.3, 0.4) is 0 Å². The fraction of sp³-hybridized carbons (Fsp3) is 0.667. The molecule has 2 N–H and O–H groups in total. The average Bonchev–Trinajstić information content (AvgIpc) is 3.03. The molecule has 0 bridgehead atoms. The van der Waals surface area contributed by atoms with Gasteiger partial charge in [0.25, 0.3) is 0 Å². The van der Waals surface area contributed by atoms with Crippen molar-refractivity contribution in [2.75, 3.05) is 46.3 Å². The van der Waals surface area contributed by atoms with Gasteiger partial charge in [-0.1, -0.05) is 11.6 Å². The number of guanidine groups is 1. The van der Waals surface area contributed by atoms with Crippen molar-refractivity contribution in [1.82, 2.24) is 20.4 Å². The highest BCUT2D eigenvalue weighted by Crippen LogP contribution is 2.23. The van der Waals surface area contributed by atoms with Gasteiger partial charge in [-0.25, -0.2) is 0 Å². The van der Waals surface area contributed by atoms with Crippen molar-refractivity contribution < 1.29 is 4.79 Å². The molecular formula is C18H30ClN5OS. The van der Waals surface area contributed by atoms with E-state index in [0.29, 0.717) is 6.54 Å². The topological polar surface area (TPSA) is 60.0 Å². The van der Waals surface area contributed by atoms with Crippen LogP contribution in [0, 0.1) is 5.41 Å². The molecule has 6 nitrogen and oxygen atoms in total. The first-order valence-electron chi connectivity index (χ1n) is 9.07. The molecule has 146 valence electrons. The minimum Gasteiger partial charge on any atom is -0.359 e. The van der Waals surface area contributed by atoms with Crippen LogP contribution in [0.5, 0.6) is 0 Å². The molecule has 0 spiro atoms. The fourth-order valence-electron chi connectivity index (χ4n) is 2.88. The van der Waals surface area contributed by atoms with Crippen molar-refractivity contribution in [3.63, 3.8) is 0 Å². The van der Waals surface area contributed by atoms with E-state index in [0.717, 1.165) is 49.6 Å². The number of aliphatic imine (C=N–C) groups is 1. The zero-order valence-electron chi connectivity index (χ0n) is 16.1. The molecule has 8 heteroatoms. The number of amides is 1. The Balaban J connectivity index is 1.92. The monoisotopic (exact) mass is 399 g/mol. The number of piperazine rings is 1. The lowest BCUT2D eigenvalue weighted by atomic mass is 9.93. The van der Waals surface area contributed by atoms with Crippen LogP contribution in [0.25, 0.3) is 0 Å². The van der Waals surface area contributed by atoms with E-state index in [2.05, 4.69) is 33.4 Å². The van der Waals surface area contributed by atoms with Gasteiger partial charge in [0.2, 0.25) is 5.91 Å². The maximum atomic E-state index is 12.0. The Bertz CT molecular complexity index is 623. The number of hydrogen-bond acceptors (Lipinski definition) is 4. The molecule has 1 aromatic heterocycles. The van der Waals surface area contributed by atoms with E-state index in [1.165, 1.54) is 4.88 Å². The molecule has 2 heterocycles. The fourth-order valence-corrected chi connectivity index (χ4v) is 4.01. The molecular weight excluding hydrogens is 370 g/mol. The van der Waals surface area contributed by atoms with E-state index in [9.17, 15) is 4.79 Å². The first-order chi connectivity index (χ1) is 12.4. The number of hydrogen-bond donors (Lipinski definition) is 2. The molecule has 26 heavy (non-hydrogen) atoms. The van der Waals surface area contributed by atoms with Crippen LogP contribution >= 0.6 is 22.9 Å². The van der Waals surface area contributed by atoms with E-state index in [1.807, 2.05) is 19.9 Å². The number of nitrogens with one attached hydrogen (secondary N) is 2. The number of nitrogens with zero attached hydrogens (tertiary/aromatic N) is 3. The van der Waals surface area contributed by atoms with Crippen LogP contribution in [0.1, 0.15) is 25.6 Å². The van der Waals surface area contributed by atoms with Crippen LogP contribution in [-0.4, -0.2) is 68.0 Å². The second kappa shape index (κ2) is 9.58. The maximum absolute atomic E-state index is 12.0. The van der Waals surface area contributed by atoms with Crippen LogP contribution in [0.4, 0.5) is 0 Å². The van der Waals surface area contributed by atoms with Crippen molar-refractivity contribution in [3.05, 3.63) is 21.3 Å². The molecule has 2 rings (SSSR count). The van der Waals surface area contributed by atoms with Gasteiger partial charge in [-0.15, -0.1) is 11.3 Å². The predicted octanol–water partition coefficient (Wildman–Crippen LogP) is 2.26. The van der Waals surface area contributed by atoms with Crippen LogP contribution in [0.15, 0.2) is 17.1 Å². The summed E-state index contributed by atoms with van der Waals surface area (Å²) < 4.78 is 0.846. The van der Waals surface area contributed by atoms with Crippen LogP contribution < -0.4 is 10.6 Å². The molecule has 1 aliphatic heterocycles. The summed E-state index contributed by atoms with van der Waals surface area (Å²) in [6.45, 7) is 11.9. The Kier molecular flexibility index (Phi) is 7.73. The lowest BCUT2D eigenvalue weighted by molar-refractivity contribution is -0.128. The number of carbonyl (C=O) groups excluding carboxylic acids is 1. The molecule has 0 unspecified atom stereocenters. The Labute approximate surface area is 165 Å². The minimum atomic E-state index is -0.518. The normalized spacial score (nSPS) is 16.7. The summed E-state index contributed by atoms with van der Waals surface area (Å²) in [5, 5.41) is 6.07. The lowest BCUT2D eigenvalue weighted by Gasteiger charge is -2.36. The minimum absolute atomic E-state index is 0.0107. The largest absolute Gasteiger partial charge is 0.359 e. The van der Waals surface area contributed by atoms with E-state index >= 15 is 0 Å². The summed E-state index contributed by atoms with van der Waals surface area (Å²) in [6.07, 6.45) is 0. The highest BCUT2D eigenvalue weighted by atomic mass is 35.5. The summed E-state index contributed by atoms with van der Waals surface area (Å²) in [7, 11) is 1.67. The summed E-state index contributed by atoms with van der Waals surface area (Å²) >= 11 is 7.67.